The third-order valence-corrected chi connectivity index (χ3v) is 4.44. The summed E-state index contributed by atoms with van der Waals surface area (Å²) in [4.78, 5) is 16.5. The van der Waals surface area contributed by atoms with E-state index >= 15 is 0 Å². The Labute approximate surface area is 129 Å². The number of nitrogens with zero attached hydrogens (tertiary/aromatic N) is 1. The van der Waals surface area contributed by atoms with Crippen molar-refractivity contribution < 1.29 is 4.79 Å². The summed E-state index contributed by atoms with van der Waals surface area (Å²) in [6.07, 6.45) is 14.5. The fourth-order valence-electron chi connectivity index (χ4n) is 3.12. The number of unbranched alkanes of at least 4 members (excludes halogenated alkanes) is 7. The average Bonchev–Trinajstić information content (AvgIpc) is 2.50. The highest BCUT2D eigenvalue weighted by molar-refractivity contribution is 5.97. The van der Waals surface area contributed by atoms with Gasteiger partial charge in [0.05, 0.1) is 5.69 Å². The lowest BCUT2D eigenvalue weighted by Gasteiger charge is -2.14. The maximum atomic E-state index is 11.8. The van der Waals surface area contributed by atoms with Gasteiger partial charge in [-0.25, -0.2) is 0 Å². The molecule has 1 heterocycles. The van der Waals surface area contributed by atoms with Gasteiger partial charge in [0.25, 0.3) is 0 Å². The number of rotatable bonds is 9. The molecule has 0 bridgehead atoms. The normalized spacial score (nSPS) is 14.2. The first kappa shape index (κ1) is 16.2. The van der Waals surface area contributed by atoms with Crippen molar-refractivity contribution in [2.75, 3.05) is 0 Å². The fraction of sp³-hybridized carbons (Fsp3) is 0.684. The number of fused-ring (bicyclic) bond motifs is 1. The molecule has 0 unspecified atom stereocenters. The molecule has 116 valence electrons. The molecular formula is C19H29NO. The molecule has 0 atom stereocenters. The summed E-state index contributed by atoms with van der Waals surface area (Å²) in [6.45, 7) is 2.26. The second-order valence-electron chi connectivity index (χ2n) is 6.30. The number of hydrogen-bond acceptors (Lipinski definition) is 2. The molecule has 0 amide bonds. The SMILES string of the molecule is CCCCCCCCCCc1ccc2c(n1)CCCC2=O. The summed E-state index contributed by atoms with van der Waals surface area (Å²) in [6, 6.07) is 4.06. The second-order valence-corrected chi connectivity index (χ2v) is 6.30. The van der Waals surface area contributed by atoms with Gasteiger partial charge in [-0.1, -0.05) is 51.9 Å². The minimum absolute atomic E-state index is 0.280. The van der Waals surface area contributed by atoms with Crippen LogP contribution in [0.25, 0.3) is 0 Å². The van der Waals surface area contributed by atoms with E-state index in [1.807, 2.05) is 6.07 Å². The van der Waals surface area contributed by atoms with E-state index in [4.69, 9.17) is 4.98 Å². The van der Waals surface area contributed by atoms with Crippen LogP contribution in [0.5, 0.6) is 0 Å². The van der Waals surface area contributed by atoms with Crippen molar-refractivity contribution in [3.05, 3.63) is 29.1 Å². The number of carbonyl (C=O) groups excluding carboxylic acids is 1. The Morgan fingerprint density at radius 2 is 1.67 bits per heavy atom. The molecule has 0 spiro atoms. The van der Waals surface area contributed by atoms with E-state index in [1.54, 1.807) is 0 Å². The molecule has 21 heavy (non-hydrogen) atoms. The van der Waals surface area contributed by atoms with Crippen LogP contribution in [0.2, 0.25) is 0 Å². The van der Waals surface area contributed by atoms with Gasteiger partial charge in [-0.3, -0.25) is 9.78 Å². The van der Waals surface area contributed by atoms with Crippen LogP contribution in [0.15, 0.2) is 12.1 Å². The van der Waals surface area contributed by atoms with Gasteiger partial charge in [0.2, 0.25) is 0 Å². The Balaban J connectivity index is 1.66. The van der Waals surface area contributed by atoms with E-state index < -0.39 is 0 Å². The standard InChI is InChI=1S/C19H29NO/c1-2-3-4-5-6-7-8-9-11-16-14-15-17-18(20-16)12-10-13-19(17)21/h14-15H,2-13H2,1H3. The van der Waals surface area contributed by atoms with Crippen LogP contribution >= 0.6 is 0 Å². The lowest BCUT2D eigenvalue weighted by Crippen LogP contribution is -2.13. The van der Waals surface area contributed by atoms with Crippen LogP contribution in [-0.2, 0) is 12.8 Å². The van der Waals surface area contributed by atoms with E-state index in [2.05, 4.69) is 13.0 Å². The van der Waals surface area contributed by atoms with E-state index in [-0.39, 0.29) is 5.78 Å². The van der Waals surface area contributed by atoms with E-state index in [0.717, 1.165) is 30.5 Å². The van der Waals surface area contributed by atoms with Gasteiger partial charge in [0, 0.05) is 17.7 Å². The van der Waals surface area contributed by atoms with Gasteiger partial charge in [-0.05, 0) is 37.8 Å². The molecule has 2 rings (SSSR count). The highest BCUT2D eigenvalue weighted by atomic mass is 16.1. The summed E-state index contributed by atoms with van der Waals surface area (Å²) in [5, 5.41) is 0. The van der Waals surface area contributed by atoms with Crippen molar-refractivity contribution in [2.45, 2.75) is 84.0 Å². The Morgan fingerprint density at radius 3 is 2.43 bits per heavy atom. The molecule has 0 aliphatic heterocycles. The van der Waals surface area contributed by atoms with E-state index in [1.165, 1.54) is 57.1 Å². The Morgan fingerprint density at radius 1 is 0.952 bits per heavy atom. The smallest absolute Gasteiger partial charge is 0.164 e. The molecular weight excluding hydrogens is 258 g/mol. The van der Waals surface area contributed by atoms with Crippen LogP contribution in [0, 0.1) is 0 Å². The van der Waals surface area contributed by atoms with Crippen molar-refractivity contribution in [1.82, 2.24) is 4.98 Å². The van der Waals surface area contributed by atoms with Gasteiger partial charge >= 0.3 is 0 Å². The first-order valence-corrected chi connectivity index (χ1v) is 8.83. The first-order chi connectivity index (χ1) is 10.3. The number of aryl methyl sites for hydroxylation is 2. The zero-order chi connectivity index (χ0) is 14.9. The van der Waals surface area contributed by atoms with Gasteiger partial charge in [0.1, 0.15) is 0 Å². The minimum atomic E-state index is 0.280. The van der Waals surface area contributed by atoms with Crippen molar-refractivity contribution in [1.29, 1.82) is 0 Å². The number of aromatic nitrogens is 1. The predicted molar refractivity (Wildman–Crippen MR) is 87.8 cm³/mol. The van der Waals surface area contributed by atoms with Crippen molar-refractivity contribution >= 4 is 5.78 Å². The van der Waals surface area contributed by atoms with Gasteiger partial charge in [-0.2, -0.15) is 0 Å². The van der Waals surface area contributed by atoms with Crippen molar-refractivity contribution in [2.24, 2.45) is 0 Å². The van der Waals surface area contributed by atoms with Crippen LogP contribution < -0.4 is 0 Å². The lowest BCUT2D eigenvalue weighted by atomic mass is 9.94. The Hall–Kier alpha value is -1.18. The number of ketones is 1. The molecule has 0 aromatic carbocycles. The fourth-order valence-corrected chi connectivity index (χ4v) is 3.12. The lowest BCUT2D eigenvalue weighted by molar-refractivity contribution is 0.0971. The van der Waals surface area contributed by atoms with Crippen LogP contribution in [-0.4, -0.2) is 10.8 Å². The van der Waals surface area contributed by atoms with Crippen molar-refractivity contribution in [3.8, 4) is 0 Å². The molecule has 0 saturated heterocycles. The van der Waals surface area contributed by atoms with Crippen LogP contribution in [0.4, 0.5) is 0 Å². The summed E-state index contributed by atoms with van der Waals surface area (Å²) < 4.78 is 0. The second kappa shape index (κ2) is 8.96. The summed E-state index contributed by atoms with van der Waals surface area (Å²) >= 11 is 0. The van der Waals surface area contributed by atoms with Crippen LogP contribution in [0.3, 0.4) is 0 Å². The third kappa shape index (κ3) is 5.26. The number of carbonyl (C=O) groups is 1. The highest BCUT2D eigenvalue weighted by Crippen LogP contribution is 2.20. The zero-order valence-corrected chi connectivity index (χ0v) is 13.5. The van der Waals surface area contributed by atoms with Gasteiger partial charge < -0.3 is 0 Å². The monoisotopic (exact) mass is 287 g/mol. The van der Waals surface area contributed by atoms with Crippen LogP contribution in [0.1, 0.15) is 92.9 Å². The summed E-state index contributed by atoms with van der Waals surface area (Å²) in [5.41, 5.74) is 3.10. The molecule has 1 aromatic rings. The summed E-state index contributed by atoms with van der Waals surface area (Å²) in [7, 11) is 0. The molecule has 0 N–H and O–H groups in total. The molecule has 1 aliphatic rings. The minimum Gasteiger partial charge on any atom is -0.294 e. The Kier molecular flexibility index (Phi) is 6.91. The average molecular weight is 287 g/mol. The molecule has 2 nitrogen and oxygen atoms in total. The molecule has 2 heteroatoms. The Bertz CT molecular complexity index is 453. The molecule has 1 aliphatic carbocycles. The maximum Gasteiger partial charge on any atom is 0.164 e. The predicted octanol–water partition coefficient (Wildman–Crippen LogP) is 5.28. The van der Waals surface area contributed by atoms with E-state index in [0.29, 0.717) is 6.42 Å². The molecule has 1 aromatic heterocycles. The first-order valence-electron chi connectivity index (χ1n) is 8.83. The zero-order valence-electron chi connectivity index (χ0n) is 13.5. The highest BCUT2D eigenvalue weighted by Gasteiger charge is 2.18. The molecule has 0 radical (unpaired) electrons. The maximum absolute atomic E-state index is 11.8. The summed E-state index contributed by atoms with van der Waals surface area (Å²) in [5.74, 6) is 0.280. The number of pyridine rings is 1. The number of Topliss-reactive ketones (excluding diaryl/α,β-unsaturated/α-hetero) is 1. The van der Waals surface area contributed by atoms with Crippen molar-refractivity contribution in [3.63, 3.8) is 0 Å². The largest absolute Gasteiger partial charge is 0.294 e. The molecule has 0 saturated carbocycles. The van der Waals surface area contributed by atoms with Gasteiger partial charge in [0.15, 0.2) is 5.78 Å². The van der Waals surface area contributed by atoms with E-state index in [9.17, 15) is 4.79 Å². The topological polar surface area (TPSA) is 30.0 Å². The quantitative estimate of drug-likeness (QED) is 0.578. The number of hydrogen-bond donors (Lipinski definition) is 0. The molecule has 0 fully saturated rings. The third-order valence-electron chi connectivity index (χ3n) is 4.44. The van der Waals surface area contributed by atoms with Gasteiger partial charge in [-0.15, -0.1) is 0 Å².